The van der Waals surface area contributed by atoms with Gasteiger partial charge in [0.05, 0.1) is 16.9 Å². The van der Waals surface area contributed by atoms with E-state index in [1.807, 2.05) is 6.20 Å². The summed E-state index contributed by atoms with van der Waals surface area (Å²) in [4.78, 5) is 4.65. The number of hydrogen-bond donors (Lipinski definition) is 0. The summed E-state index contributed by atoms with van der Waals surface area (Å²) in [6.45, 7) is 8.29. The Morgan fingerprint density at radius 1 is 1.00 bits per heavy atom. The maximum Gasteiger partial charge on any atom is 0.496 e. The molecule has 0 saturated carbocycles. The standard InChI is InChI=1S/C18H20BNO2/c1-17(2)18(3,4)22-19(21-17)13-10-15-14-8-6-5-7-12(14)9-16(15)20-11-13/h5-8,10-11H,9H2,1-4H3. The molecule has 0 unspecified atom stereocenters. The second-order valence-electron chi connectivity index (χ2n) is 7.19. The number of benzene rings is 1. The molecule has 2 aromatic rings. The summed E-state index contributed by atoms with van der Waals surface area (Å²) in [5.74, 6) is 0. The maximum absolute atomic E-state index is 6.14. The molecule has 1 aromatic heterocycles. The lowest BCUT2D eigenvalue weighted by atomic mass is 9.79. The van der Waals surface area contributed by atoms with E-state index in [0.29, 0.717) is 0 Å². The topological polar surface area (TPSA) is 31.4 Å². The minimum absolute atomic E-state index is 0.325. The van der Waals surface area contributed by atoms with Crippen LogP contribution in [0.25, 0.3) is 11.1 Å². The van der Waals surface area contributed by atoms with Crippen molar-refractivity contribution in [3.63, 3.8) is 0 Å². The molecule has 1 aliphatic heterocycles. The lowest BCUT2D eigenvalue weighted by molar-refractivity contribution is 0.00578. The largest absolute Gasteiger partial charge is 0.496 e. The van der Waals surface area contributed by atoms with Gasteiger partial charge in [-0.05, 0) is 38.8 Å². The summed E-state index contributed by atoms with van der Waals surface area (Å²) in [6, 6.07) is 10.7. The van der Waals surface area contributed by atoms with Crippen molar-refractivity contribution in [2.24, 2.45) is 0 Å². The van der Waals surface area contributed by atoms with Gasteiger partial charge in [-0.2, -0.15) is 0 Å². The lowest BCUT2D eigenvalue weighted by Gasteiger charge is -2.32. The molecule has 3 nitrogen and oxygen atoms in total. The third-order valence-corrected chi connectivity index (χ3v) is 5.18. The van der Waals surface area contributed by atoms with E-state index in [9.17, 15) is 0 Å². The number of pyridine rings is 1. The van der Waals surface area contributed by atoms with Crippen LogP contribution in [0.3, 0.4) is 0 Å². The zero-order valence-corrected chi connectivity index (χ0v) is 13.5. The zero-order valence-electron chi connectivity index (χ0n) is 13.5. The Bertz CT molecular complexity index is 739. The first-order valence-corrected chi connectivity index (χ1v) is 7.80. The van der Waals surface area contributed by atoms with E-state index in [2.05, 4.69) is 63.0 Å². The van der Waals surface area contributed by atoms with Crippen LogP contribution in [0.15, 0.2) is 36.5 Å². The second-order valence-corrected chi connectivity index (χ2v) is 7.19. The predicted molar refractivity (Wildman–Crippen MR) is 88.2 cm³/mol. The molecule has 1 aromatic carbocycles. The van der Waals surface area contributed by atoms with E-state index < -0.39 is 0 Å². The SMILES string of the molecule is CC1(C)OB(c2cnc3c(c2)-c2ccccc2C3)OC1(C)C. The maximum atomic E-state index is 6.14. The van der Waals surface area contributed by atoms with Crippen LogP contribution < -0.4 is 5.46 Å². The summed E-state index contributed by atoms with van der Waals surface area (Å²) >= 11 is 0. The molecule has 2 aliphatic rings. The Morgan fingerprint density at radius 3 is 2.41 bits per heavy atom. The fourth-order valence-corrected chi connectivity index (χ4v) is 3.11. The average Bonchev–Trinajstić information content (AvgIpc) is 2.93. The van der Waals surface area contributed by atoms with Crippen molar-refractivity contribution in [2.45, 2.75) is 45.3 Å². The first kappa shape index (κ1) is 14.0. The molecule has 2 heterocycles. The Hall–Kier alpha value is -1.65. The molecule has 0 radical (unpaired) electrons. The highest BCUT2D eigenvalue weighted by atomic mass is 16.7. The van der Waals surface area contributed by atoms with Crippen LogP contribution in [0.5, 0.6) is 0 Å². The average molecular weight is 293 g/mol. The summed E-state index contributed by atoms with van der Waals surface area (Å²) < 4.78 is 12.3. The van der Waals surface area contributed by atoms with Gasteiger partial charge in [-0.15, -0.1) is 0 Å². The third kappa shape index (κ3) is 1.94. The molecular weight excluding hydrogens is 273 g/mol. The first-order chi connectivity index (χ1) is 10.4. The highest BCUT2D eigenvalue weighted by Gasteiger charge is 2.52. The van der Waals surface area contributed by atoms with Gasteiger partial charge in [-0.3, -0.25) is 4.98 Å². The van der Waals surface area contributed by atoms with E-state index in [1.165, 1.54) is 16.7 Å². The van der Waals surface area contributed by atoms with E-state index >= 15 is 0 Å². The van der Waals surface area contributed by atoms with Crippen LogP contribution >= 0.6 is 0 Å². The van der Waals surface area contributed by atoms with Gasteiger partial charge >= 0.3 is 7.12 Å². The Balaban J connectivity index is 1.73. The molecular formula is C18H20BNO2. The van der Waals surface area contributed by atoms with Gasteiger partial charge in [0.25, 0.3) is 0 Å². The Morgan fingerprint density at radius 2 is 1.68 bits per heavy atom. The molecule has 0 bridgehead atoms. The third-order valence-electron chi connectivity index (χ3n) is 5.18. The quantitative estimate of drug-likeness (QED) is 0.646. The van der Waals surface area contributed by atoms with Crippen molar-refractivity contribution < 1.29 is 9.31 Å². The van der Waals surface area contributed by atoms with E-state index in [4.69, 9.17) is 9.31 Å². The van der Waals surface area contributed by atoms with E-state index in [0.717, 1.165) is 17.6 Å². The zero-order chi connectivity index (χ0) is 15.5. The summed E-state index contributed by atoms with van der Waals surface area (Å²) in [5, 5.41) is 0. The Labute approximate surface area is 131 Å². The van der Waals surface area contributed by atoms with Crippen LogP contribution in [-0.2, 0) is 15.7 Å². The molecule has 0 N–H and O–H groups in total. The van der Waals surface area contributed by atoms with Crippen molar-refractivity contribution in [1.29, 1.82) is 0 Å². The molecule has 1 aliphatic carbocycles. The van der Waals surface area contributed by atoms with Gasteiger partial charge in [0, 0.05) is 23.6 Å². The molecule has 0 spiro atoms. The van der Waals surface area contributed by atoms with E-state index in [1.54, 1.807) is 0 Å². The highest BCUT2D eigenvalue weighted by molar-refractivity contribution is 6.62. The van der Waals surface area contributed by atoms with Crippen molar-refractivity contribution in [2.75, 3.05) is 0 Å². The second kappa shape index (κ2) is 4.43. The molecule has 1 fully saturated rings. The number of rotatable bonds is 1. The van der Waals surface area contributed by atoms with Crippen LogP contribution in [0.1, 0.15) is 39.0 Å². The van der Waals surface area contributed by atoms with Crippen LogP contribution in [0, 0.1) is 0 Å². The fourth-order valence-electron chi connectivity index (χ4n) is 3.11. The van der Waals surface area contributed by atoms with Crippen molar-refractivity contribution in [3.8, 4) is 11.1 Å². The normalized spacial score (nSPS) is 20.8. The Kier molecular flexibility index (Phi) is 2.82. The summed E-state index contributed by atoms with van der Waals surface area (Å²) in [6.07, 6.45) is 2.81. The molecule has 0 amide bonds. The van der Waals surface area contributed by atoms with E-state index in [-0.39, 0.29) is 18.3 Å². The highest BCUT2D eigenvalue weighted by Crippen LogP contribution is 2.38. The number of nitrogens with zero attached hydrogens (tertiary/aromatic N) is 1. The first-order valence-electron chi connectivity index (χ1n) is 7.80. The van der Waals surface area contributed by atoms with Crippen LogP contribution in [-0.4, -0.2) is 23.3 Å². The smallest absolute Gasteiger partial charge is 0.399 e. The van der Waals surface area contributed by atoms with Crippen molar-refractivity contribution in [1.82, 2.24) is 4.98 Å². The number of fused-ring (bicyclic) bond motifs is 3. The molecule has 4 rings (SSSR count). The fraction of sp³-hybridized carbons (Fsp3) is 0.389. The summed E-state index contributed by atoms with van der Waals surface area (Å²) in [5.41, 5.74) is 5.32. The van der Waals surface area contributed by atoms with Gasteiger partial charge in [-0.25, -0.2) is 0 Å². The molecule has 1 saturated heterocycles. The minimum atomic E-state index is -0.351. The predicted octanol–water partition coefficient (Wildman–Crippen LogP) is 2.95. The number of hydrogen-bond acceptors (Lipinski definition) is 3. The minimum Gasteiger partial charge on any atom is -0.399 e. The van der Waals surface area contributed by atoms with Gasteiger partial charge in [0.2, 0.25) is 0 Å². The van der Waals surface area contributed by atoms with Gasteiger partial charge in [-0.1, -0.05) is 30.3 Å². The van der Waals surface area contributed by atoms with Crippen molar-refractivity contribution in [3.05, 3.63) is 47.8 Å². The lowest BCUT2D eigenvalue weighted by Crippen LogP contribution is -2.41. The molecule has 4 heteroatoms. The molecule has 0 atom stereocenters. The number of aromatic nitrogens is 1. The van der Waals surface area contributed by atoms with Gasteiger partial charge in [0.1, 0.15) is 0 Å². The van der Waals surface area contributed by atoms with Crippen molar-refractivity contribution >= 4 is 12.6 Å². The van der Waals surface area contributed by atoms with Gasteiger partial charge in [0.15, 0.2) is 0 Å². The summed E-state index contributed by atoms with van der Waals surface area (Å²) in [7, 11) is -0.351. The van der Waals surface area contributed by atoms with Crippen LogP contribution in [0.2, 0.25) is 0 Å². The van der Waals surface area contributed by atoms with Crippen LogP contribution in [0.4, 0.5) is 0 Å². The van der Waals surface area contributed by atoms with Gasteiger partial charge < -0.3 is 9.31 Å². The monoisotopic (exact) mass is 293 g/mol. The molecule has 22 heavy (non-hydrogen) atoms. The molecule has 112 valence electrons.